The maximum atomic E-state index is 13.8. The van der Waals surface area contributed by atoms with E-state index in [0.29, 0.717) is 13.1 Å². The minimum absolute atomic E-state index is 0.0319. The maximum Gasteiger partial charge on any atom is 0.268 e. The second-order valence-corrected chi connectivity index (χ2v) is 9.29. The number of anilines is 1. The highest BCUT2D eigenvalue weighted by atomic mass is 32.2. The molecule has 3 aliphatic rings. The molecule has 5 heteroatoms. The summed E-state index contributed by atoms with van der Waals surface area (Å²) >= 11 is 1.62. The third kappa shape index (κ3) is 2.52. The molecule has 4 nitrogen and oxygen atoms in total. The molecule has 0 radical (unpaired) electrons. The van der Waals surface area contributed by atoms with Gasteiger partial charge in [-0.2, -0.15) is 0 Å². The van der Waals surface area contributed by atoms with Crippen molar-refractivity contribution in [3.05, 3.63) is 65.2 Å². The molecule has 5 rings (SSSR count). The fraction of sp³-hybridized carbons (Fsp3) is 0.391. The Hall–Kier alpha value is -2.27. The van der Waals surface area contributed by atoms with Gasteiger partial charge < -0.3 is 9.80 Å². The van der Waals surface area contributed by atoms with Gasteiger partial charge in [-0.05, 0) is 31.4 Å². The maximum absolute atomic E-state index is 13.8. The van der Waals surface area contributed by atoms with Gasteiger partial charge in [0.15, 0.2) is 4.87 Å². The molecule has 28 heavy (non-hydrogen) atoms. The van der Waals surface area contributed by atoms with E-state index in [9.17, 15) is 9.59 Å². The van der Waals surface area contributed by atoms with E-state index in [1.54, 1.807) is 11.8 Å². The fourth-order valence-corrected chi connectivity index (χ4v) is 5.97. The molecule has 0 aromatic heterocycles. The Bertz CT molecular complexity index is 938. The Morgan fingerprint density at radius 3 is 2.61 bits per heavy atom. The van der Waals surface area contributed by atoms with Gasteiger partial charge in [0.05, 0.1) is 12.2 Å². The number of thioether (sulfide) groups is 1. The number of para-hydroxylation sites is 1. The Balaban J connectivity index is 1.55. The first-order valence-corrected chi connectivity index (χ1v) is 11.0. The molecular weight excluding hydrogens is 368 g/mol. The van der Waals surface area contributed by atoms with Gasteiger partial charge >= 0.3 is 0 Å². The fourth-order valence-electron chi connectivity index (χ4n) is 4.50. The van der Waals surface area contributed by atoms with Crippen LogP contribution in [0.4, 0.5) is 5.69 Å². The average molecular weight is 393 g/mol. The van der Waals surface area contributed by atoms with Crippen LogP contribution in [0, 0.1) is 12.8 Å². The molecule has 2 heterocycles. The summed E-state index contributed by atoms with van der Waals surface area (Å²) in [6.07, 6.45) is 3.03. The number of carbonyl (C=O) groups excluding carboxylic acids is 2. The Morgan fingerprint density at radius 2 is 1.89 bits per heavy atom. The van der Waals surface area contributed by atoms with E-state index in [0.717, 1.165) is 41.8 Å². The largest absolute Gasteiger partial charge is 0.315 e. The lowest BCUT2D eigenvalue weighted by Gasteiger charge is -2.37. The van der Waals surface area contributed by atoms with Gasteiger partial charge in [0.1, 0.15) is 0 Å². The van der Waals surface area contributed by atoms with Crippen LogP contribution in [0.2, 0.25) is 0 Å². The van der Waals surface area contributed by atoms with Crippen molar-refractivity contribution in [2.24, 2.45) is 5.92 Å². The van der Waals surface area contributed by atoms with E-state index in [1.165, 1.54) is 5.56 Å². The molecule has 1 aliphatic carbocycles. The van der Waals surface area contributed by atoms with Crippen LogP contribution in [0.5, 0.6) is 0 Å². The third-order valence-corrected chi connectivity index (χ3v) is 7.70. The lowest BCUT2D eigenvalue weighted by atomic mass is 9.84. The highest BCUT2D eigenvalue weighted by molar-refractivity contribution is 8.01. The molecule has 2 fully saturated rings. The van der Waals surface area contributed by atoms with Crippen LogP contribution in [0.3, 0.4) is 0 Å². The number of nitrogens with zero attached hydrogens (tertiary/aromatic N) is 2. The Labute approximate surface area is 169 Å². The number of fused-ring (bicyclic) bond motifs is 2. The second-order valence-electron chi connectivity index (χ2n) is 8.00. The number of hydrogen-bond donors (Lipinski definition) is 0. The van der Waals surface area contributed by atoms with Crippen LogP contribution >= 0.6 is 11.8 Å². The van der Waals surface area contributed by atoms with Crippen molar-refractivity contribution in [3.8, 4) is 0 Å². The lowest BCUT2D eigenvalue weighted by Crippen LogP contribution is -2.52. The number of rotatable bonds is 3. The van der Waals surface area contributed by atoms with E-state index >= 15 is 0 Å². The van der Waals surface area contributed by atoms with Gasteiger partial charge in [0.25, 0.3) is 5.91 Å². The molecular formula is C23H24N2O2S. The number of benzene rings is 2. The van der Waals surface area contributed by atoms with Gasteiger partial charge in [-0.15, -0.1) is 11.8 Å². The van der Waals surface area contributed by atoms with E-state index < -0.39 is 4.87 Å². The highest BCUT2D eigenvalue weighted by Gasteiger charge is 2.59. The summed E-state index contributed by atoms with van der Waals surface area (Å²) in [6, 6.07) is 16.3. The number of aryl methyl sites for hydroxylation is 1. The van der Waals surface area contributed by atoms with Crippen molar-refractivity contribution in [3.63, 3.8) is 0 Å². The first-order valence-electron chi connectivity index (χ1n) is 10.0. The van der Waals surface area contributed by atoms with Crippen molar-refractivity contribution in [2.45, 2.75) is 37.6 Å². The monoisotopic (exact) mass is 392 g/mol. The van der Waals surface area contributed by atoms with Crippen LogP contribution < -0.4 is 4.90 Å². The zero-order valence-corrected chi connectivity index (χ0v) is 16.9. The summed E-state index contributed by atoms with van der Waals surface area (Å²) < 4.78 is 0. The predicted molar refractivity (Wildman–Crippen MR) is 112 cm³/mol. The van der Waals surface area contributed by atoms with Crippen LogP contribution in [0.25, 0.3) is 0 Å². The zero-order valence-electron chi connectivity index (χ0n) is 16.1. The topological polar surface area (TPSA) is 40.6 Å². The predicted octanol–water partition coefficient (Wildman–Crippen LogP) is 4.07. The summed E-state index contributed by atoms with van der Waals surface area (Å²) in [7, 11) is 0. The van der Waals surface area contributed by atoms with Crippen LogP contribution in [0.1, 0.15) is 36.0 Å². The standard InChI is InChI=1S/C23H24N2O2S/c1-16-9-11-17(12-10-16)15-24-20-8-3-2-7-19(20)23(22(24)27)25(13-14-28-23)21(26)18-5-4-6-18/h2-3,7-12,18H,4-6,13-15H2,1H3/t23-/m0/s1. The molecule has 0 unspecified atom stereocenters. The summed E-state index contributed by atoms with van der Waals surface area (Å²) in [4.78, 5) is 29.9. The van der Waals surface area contributed by atoms with Crippen molar-refractivity contribution in [2.75, 3.05) is 17.2 Å². The molecule has 1 saturated carbocycles. The smallest absolute Gasteiger partial charge is 0.268 e. The van der Waals surface area contributed by atoms with E-state index in [2.05, 4.69) is 31.2 Å². The van der Waals surface area contributed by atoms with Gasteiger partial charge in [-0.3, -0.25) is 9.59 Å². The summed E-state index contributed by atoms with van der Waals surface area (Å²) in [5.41, 5.74) is 4.22. The minimum Gasteiger partial charge on any atom is -0.315 e. The van der Waals surface area contributed by atoms with Gasteiger partial charge in [-0.1, -0.05) is 54.4 Å². The van der Waals surface area contributed by atoms with Crippen LogP contribution in [-0.2, 0) is 21.0 Å². The van der Waals surface area contributed by atoms with Crippen LogP contribution in [-0.4, -0.2) is 29.0 Å². The molecule has 1 saturated heterocycles. The molecule has 144 valence electrons. The SMILES string of the molecule is Cc1ccc(CN2C(=O)[C@@]3(SCCN3C(=O)C3CCC3)c3ccccc32)cc1. The summed E-state index contributed by atoms with van der Waals surface area (Å²) in [6.45, 7) is 3.25. The molecule has 2 aromatic carbocycles. The second kappa shape index (κ2) is 6.66. The Morgan fingerprint density at radius 1 is 1.14 bits per heavy atom. The number of hydrogen-bond acceptors (Lipinski definition) is 3. The van der Waals surface area contributed by atoms with E-state index in [-0.39, 0.29) is 17.7 Å². The normalized spacial score (nSPS) is 24.0. The first kappa shape index (κ1) is 17.8. The molecule has 1 spiro atoms. The quantitative estimate of drug-likeness (QED) is 0.791. The van der Waals surface area contributed by atoms with E-state index in [4.69, 9.17) is 0 Å². The van der Waals surface area contributed by atoms with E-state index in [1.807, 2.05) is 34.1 Å². The van der Waals surface area contributed by atoms with Crippen molar-refractivity contribution < 1.29 is 9.59 Å². The summed E-state index contributed by atoms with van der Waals surface area (Å²) in [5, 5.41) is 0. The lowest BCUT2D eigenvalue weighted by molar-refractivity contribution is -0.145. The average Bonchev–Trinajstić information content (AvgIpc) is 3.20. The van der Waals surface area contributed by atoms with Gasteiger partial charge in [-0.25, -0.2) is 0 Å². The zero-order chi connectivity index (χ0) is 19.3. The molecule has 2 aromatic rings. The molecule has 1 atom stereocenters. The first-order chi connectivity index (χ1) is 13.6. The van der Waals surface area contributed by atoms with Crippen molar-refractivity contribution >= 4 is 29.3 Å². The minimum atomic E-state index is -0.881. The van der Waals surface area contributed by atoms with Gasteiger partial charge in [0.2, 0.25) is 5.91 Å². The van der Waals surface area contributed by atoms with Gasteiger partial charge in [0, 0.05) is 23.8 Å². The number of amides is 2. The Kier molecular flexibility index (Phi) is 4.23. The highest BCUT2D eigenvalue weighted by Crippen LogP contribution is 2.55. The molecule has 0 N–H and O–H groups in total. The molecule has 2 aliphatic heterocycles. The molecule has 2 amide bonds. The van der Waals surface area contributed by atoms with Crippen molar-refractivity contribution in [1.82, 2.24) is 4.90 Å². The van der Waals surface area contributed by atoms with Crippen molar-refractivity contribution in [1.29, 1.82) is 0 Å². The third-order valence-electron chi connectivity index (χ3n) is 6.28. The summed E-state index contributed by atoms with van der Waals surface area (Å²) in [5.74, 6) is 1.10. The number of carbonyl (C=O) groups is 2. The van der Waals surface area contributed by atoms with Crippen LogP contribution in [0.15, 0.2) is 48.5 Å². The molecule has 0 bridgehead atoms.